The zero-order chi connectivity index (χ0) is 43.1. The van der Waals surface area contributed by atoms with Gasteiger partial charge in [0, 0.05) is 66.0 Å². The molecule has 60 heavy (non-hydrogen) atoms. The molecule has 0 spiro atoms. The van der Waals surface area contributed by atoms with Crippen LogP contribution < -0.4 is 41.6 Å². The van der Waals surface area contributed by atoms with Crippen molar-refractivity contribution in [3.63, 3.8) is 0 Å². The maximum atomic E-state index is 13.6. The number of halogens is 1. The van der Waals surface area contributed by atoms with Crippen molar-refractivity contribution >= 4 is 40.9 Å². The van der Waals surface area contributed by atoms with Crippen LogP contribution in [0.15, 0.2) is 47.5 Å². The predicted octanol–water partition coefficient (Wildman–Crippen LogP) is 4.11. The van der Waals surface area contributed by atoms with E-state index in [1.807, 2.05) is 37.9 Å². The van der Waals surface area contributed by atoms with Crippen molar-refractivity contribution in [3.8, 4) is 17.6 Å². The van der Waals surface area contributed by atoms with E-state index in [9.17, 15) is 14.9 Å². The number of nitriles is 1. The minimum Gasteiger partial charge on any atom is -0.492 e. The Hall–Kier alpha value is -3.46. The summed E-state index contributed by atoms with van der Waals surface area (Å²) in [5.74, 6) is 1.81. The number of nitrogens with one attached hydrogen (secondary N) is 6. The molecule has 1 saturated carbocycles. The zero-order valence-electron chi connectivity index (χ0n) is 36.3. The van der Waals surface area contributed by atoms with Crippen molar-refractivity contribution in [2.24, 2.45) is 33.6 Å². The Morgan fingerprint density at radius 2 is 1.73 bits per heavy atom. The van der Waals surface area contributed by atoms with E-state index in [4.69, 9.17) is 26.1 Å². The van der Waals surface area contributed by atoms with Crippen LogP contribution in [-0.4, -0.2) is 115 Å². The molecule has 3 saturated heterocycles. The van der Waals surface area contributed by atoms with E-state index < -0.39 is 0 Å². The highest BCUT2D eigenvalue weighted by Gasteiger charge is 2.64. The van der Waals surface area contributed by atoms with Gasteiger partial charge in [0.25, 0.3) is 0 Å². The molecule has 5 aliphatic rings. The zero-order valence-corrected chi connectivity index (χ0v) is 37.9. The number of hydrogen-bond donors (Lipinski definition) is 6. The molecule has 1 aliphatic carbocycles. The minimum atomic E-state index is -0.334. The number of amides is 2. The first-order chi connectivity index (χ1) is 28.5. The number of benzene rings is 2. The second-order valence-corrected chi connectivity index (χ2v) is 20.2. The van der Waals surface area contributed by atoms with Crippen molar-refractivity contribution in [1.82, 2.24) is 41.9 Å². The van der Waals surface area contributed by atoms with E-state index in [1.54, 1.807) is 18.2 Å². The highest BCUT2D eigenvalue weighted by Crippen LogP contribution is 2.56. The Bertz CT molecular complexity index is 1940. The Labute approximate surface area is 364 Å². The van der Waals surface area contributed by atoms with E-state index in [2.05, 4.69) is 109 Å². The van der Waals surface area contributed by atoms with Gasteiger partial charge in [-0.3, -0.25) is 35.0 Å². The van der Waals surface area contributed by atoms with Gasteiger partial charge >= 0.3 is 0 Å². The van der Waals surface area contributed by atoms with Gasteiger partial charge in [0.15, 0.2) is 0 Å². The summed E-state index contributed by atoms with van der Waals surface area (Å²) in [5.41, 5.74) is 8.76. The third kappa shape index (κ3) is 8.77. The summed E-state index contributed by atoms with van der Waals surface area (Å²) < 4.78 is 12.6. The monoisotopic (exact) mass is 862 g/mol. The molecule has 0 radical (unpaired) electrons. The molecular formula is C44H63ClN10O4S. The number of carbonyl (C=O) groups is 2. The normalized spacial score (nSPS) is 33.0. The van der Waals surface area contributed by atoms with Crippen LogP contribution in [0.4, 0.5) is 0 Å². The molecule has 14 nitrogen and oxygen atoms in total. The Morgan fingerprint density at radius 1 is 1.05 bits per heavy atom. The molecule has 4 heterocycles. The summed E-state index contributed by atoms with van der Waals surface area (Å²) in [6, 6.07) is 15.1. The van der Waals surface area contributed by atoms with Crippen LogP contribution in [0.2, 0.25) is 5.02 Å². The third-order valence-electron chi connectivity index (χ3n) is 13.5. The van der Waals surface area contributed by atoms with Crippen LogP contribution in [0.25, 0.3) is 0 Å². The number of carbonyl (C=O) groups excluding carboxylic acids is 2. The fourth-order valence-corrected chi connectivity index (χ4v) is 12.3. The van der Waals surface area contributed by atoms with Crippen LogP contribution in [0, 0.1) is 39.9 Å². The van der Waals surface area contributed by atoms with E-state index in [1.165, 1.54) is 0 Å². The lowest BCUT2D eigenvalue weighted by atomic mass is 9.49. The molecule has 7 rings (SSSR count). The van der Waals surface area contributed by atoms with Gasteiger partial charge in [-0.2, -0.15) is 5.26 Å². The number of hydrogen-bond acceptors (Lipinski definition) is 13. The quantitative estimate of drug-likeness (QED) is 0.171. The molecule has 7 atom stereocenters. The van der Waals surface area contributed by atoms with E-state index in [-0.39, 0.29) is 76.7 Å². The molecule has 2 amide bonds. The lowest BCUT2D eigenvalue weighted by Gasteiger charge is -2.63. The van der Waals surface area contributed by atoms with Crippen molar-refractivity contribution in [3.05, 3.63) is 58.6 Å². The van der Waals surface area contributed by atoms with Crippen LogP contribution in [0.1, 0.15) is 72.9 Å². The second-order valence-electron chi connectivity index (χ2n) is 18.3. The molecule has 2 aromatic carbocycles. The van der Waals surface area contributed by atoms with E-state index in [0.29, 0.717) is 66.7 Å². The van der Waals surface area contributed by atoms with Crippen molar-refractivity contribution in [2.45, 2.75) is 109 Å². The SMILES string of the molecule is CCNC(=O)C[C@@H]1N=C(c2ccc(OCCN(C)C3NCC(C(=O)NC4C(C)(C)C(Oc5ccc(C#N)c(Cl)c5)C4(C)C)CN3)cc2)C2C(C)C(C)SC2N2C(C)NNC12. The first-order valence-electron chi connectivity index (χ1n) is 21.4. The van der Waals surface area contributed by atoms with Crippen molar-refractivity contribution < 1.29 is 19.1 Å². The third-order valence-corrected chi connectivity index (χ3v) is 15.4. The maximum Gasteiger partial charge on any atom is 0.225 e. The van der Waals surface area contributed by atoms with Crippen LogP contribution in [-0.2, 0) is 9.59 Å². The lowest BCUT2D eigenvalue weighted by molar-refractivity contribution is -0.174. The summed E-state index contributed by atoms with van der Waals surface area (Å²) >= 11 is 8.28. The number of fused-ring (bicyclic) bond motifs is 3. The number of aliphatic imine (C=N–C) groups is 1. The van der Waals surface area contributed by atoms with Crippen LogP contribution in [0.3, 0.4) is 0 Å². The van der Waals surface area contributed by atoms with Gasteiger partial charge in [0.1, 0.15) is 36.6 Å². The highest BCUT2D eigenvalue weighted by molar-refractivity contribution is 8.00. The van der Waals surface area contributed by atoms with Gasteiger partial charge < -0.3 is 20.1 Å². The molecule has 6 unspecified atom stereocenters. The Morgan fingerprint density at radius 3 is 2.38 bits per heavy atom. The minimum absolute atomic E-state index is 0.0102. The van der Waals surface area contributed by atoms with E-state index >= 15 is 0 Å². The summed E-state index contributed by atoms with van der Waals surface area (Å²) in [6.07, 6.45) is 0.0775. The average molecular weight is 864 g/mol. The van der Waals surface area contributed by atoms with Crippen molar-refractivity contribution in [1.29, 1.82) is 5.26 Å². The molecule has 0 aromatic heterocycles. The fourth-order valence-electron chi connectivity index (χ4n) is 10.3. The first-order valence-corrected chi connectivity index (χ1v) is 22.7. The molecule has 4 fully saturated rings. The van der Waals surface area contributed by atoms with Crippen LogP contribution in [0.5, 0.6) is 11.5 Å². The average Bonchev–Trinajstić information content (AvgIpc) is 3.70. The van der Waals surface area contributed by atoms with Gasteiger partial charge in [-0.05, 0) is 68.8 Å². The molecule has 6 N–H and O–H groups in total. The second kappa shape index (κ2) is 18.1. The number of thioether (sulfide) groups is 1. The Kier molecular flexibility index (Phi) is 13.5. The first kappa shape index (κ1) is 44.6. The number of likely N-dealkylation sites (N-methyl/N-ethyl adjacent to an activating group) is 1. The molecule has 0 bridgehead atoms. The standard InChI is InChI=1S/C44H63ClN10O4S/c1-10-47-34(56)20-33-37-53-52-26(4)55(37)39-35(24(2)25(3)60-39)36(50-33)27-11-14-30(15-12-27)58-18-17-54(9)42-48-22-29(23-49-42)38(57)51-40-43(5,6)41(44(40,7)8)59-31-16-13-28(21-46)32(45)19-31/h11-16,19,24-26,29,33,35,37,39-42,48-49,52-53H,10,17-18,20,22-23H2,1-9H3,(H,47,56)(H,51,57)/t24?,25?,26?,29?,33-,35?,37?,39?,40?,41?,42?/m0/s1. The lowest BCUT2D eigenvalue weighted by Crippen LogP contribution is -2.75. The largest absolute Gasteiger partial charge is 0.492 e. The fraction of sp³-hybridized carbons (Fsp3) is 0.636. The van der Waals surface area contributed by atoms with Crippen LogP contribution >= 0.6 is 23.4 Å². The predicted molar refractivity (Wildman–Crippen MR) is 236 cm³/mol. The summed E-state index contributed by atoms with van der Waals surface area (Å²) in [5, 5.41) is 23.6. The van der Waals surface area contributed by atoms with E-state index in [0.717, 1.165) is 17.0 Å². The Balaban J connectivity index is 0.904. The summed E-state index contributed by atoms with van der Waals surface area (Å²) in [6.45, 7) is 20.0. The highest BCUT2D eigenvalue weighted by atomic mass is 35.5. The van der Waals surface area contributed by atoms with Crippen molar-refractivity contribution in [2.75, 3.05) is 39.8 Å². The topological polar surface area (TPSA) is 167 Å². The summed E-state index contributed by atoms with van der Waals surface area (Å²) in [4.78, 5) is 36.5. The molecule has 16 heteroatoms. The molecular weight excluding hydrogens is 800 g/mol. The molecule has 4 aliphatic heterocycles. The number of ether oxygens (including phenoxy) is 2. The van der Waals surface area contributed by atoms with Gasteiger partial charge in [-0.25, -0.2) is 10.9 Å². The molecule has 2 aromatic rings. The van der Waals surface area contributed by atoms with Gasteiger partial charge in [0.05, 0.1) is 46.7 Å². The summed E-state index contributed by atoms with van der Waals surface area (Å²) in [7, 11) is 2.04. The van der Waals surface area contributed by atoms with Gasteiger partial charge in [0.2, 0.25) is 11.8 Å². The van der Waals surface area contributed by atoms with Gasteiger partial charge in [-0.15, -0.1) is 11.8 Å². The number of nitrogens with zero attached hydrogens (tertiary/aromatic N) is 4. The number of hydrazine groups is 1. The molecule has 326 valence electrons. The smallest absolute Gasteiger partial charge is 0.225 e. The maximum absolute atomic E-state index is 13.6. The number of rotatable bonds is 13. The van der Waals surface area contributed by atoms with Gasteiger partial charge in [-0.1, -0.05) is 53.1 Å².